The molecule has 0 fully saturated rings. The van der Waals surface area contributed by atoms with E-state index < -0.39 is 0 Å². The van der Waals surface area contributed by atoms with Gasteiger partial charge in [0.15, 0.2) is 0 Å². The zero-order valence-corrected chi connectivity index (χ0v) is 10.9. The standard InChI is InChI=1S/C14H23NO/c1-10(2)16-12-9-7-6-8-11(12)13(15)14(3,4)5/h6-10,13H,15H2,1-5H3. The van der Waals surface area contributed by atoms with Gasteiger partial charge in [0.2, 0.25) is 0 Å². The maximum absolute atomic E-state index is 6.27. The van der Waals surface area contributed by atoms with E-state index in [0.717, 1.165) is 11.3 Å². The highest BCUT2D eigenvalue weighted by atomic mass is 16.5. The van der Waals surface area contributed by atoms with Crippen LogP contribution in [-0.4, -0.2) is 6.10 Å². The third-order valence-corrected chi connectivity index (χ3v) is 2.55. The zero-order valence-electron chi connectivity index (χ0n) is 10.9. The molecule has 0 saturated heterocycles. The summed E-state index contributed by atoms with van der Waals surface area (Å²) in [6.45, 7) is 10.5. The molecule has 1 aromatic rings. The van der Waals surface area contributed by atoms with Crippen LogP contribution >= 0.6 is 0 Å². The summed E-state index contributed by atoms with van der Waals surface area (Å²) >= 11 is 0. The van der Waals surface area contributed by atoms with Crippen LogP contribution in [0.25, 0.3) is 0 Å². The smallest absolute Gasteiger partial charge is 0.124 e. The van der Waals surface area contributed by atoms with Crippen LogP contribution in [0, 0.1) is 5.41 Å². The third-order valence-electron chi connectivity index (χ3n) is 2.55. The number of benzene rings is 1. The SMILES string of the molecule is CC(C)Oc1ccccc1C(N)C(C)(C)C. The first kappa shape index (κ1) is 13.0. The number of hydrogen-bond acceptors (Lipinski definition) is 2. The van der Waals surface area contributed by atoms with Gasteiger partial charge < -0.3 is 10.5 Å². The third kappa shape index (κ3) is 3.24. The molecule has 0 amide bonds. The summed E-state index contributed by atoms with van der Waals surface area (Å²) in [6.07, 6.45) is 0.174. The fraction of sp³-hybridized carbons (Fsp3) is 0.571. The highest BCUT2D eigenvalue weighted by Gasteiger charge is 2.24. The lowest BCUT2D eigenvalue weighted by atomic mass is 9.83. The fourth-order valence-corrected chi connectivity index (χ4v) is 1.57. The van der Waals surface area contributed by atoms with Crippen molar-refractivity contribution < 1.29 is 4.74 Å². The first-order valence-electron chi connectivity index (χ1n) is 5.83. The molecule has 1 rings (SSSR count). The van der Waals surface area contributed by atoms with Gasteiger partial charge in [-0.05, 0) is 25.3 Å². The van der Waals surface area contributed by atoms with Crippen molar-refractivity contribution >= 4 is 0 Å². The van der Waals surface area contributed by atoms with Crippen molar-refractivity contribution in [1.82, 2.24) is 0 Å². The molecular weight excluding hydrogens is 198 g/mol. The van der Waals surface area contributed by atoms with Crippen molar-refractivity contribution in [2.75, 3.05) is 0 Å². The van der Waals surface area contributed by atoms with Crippen molar-refractivity contribution in [3.05, 3.63) is 29.8 Å². The van der Waals surface area contributed by atoms with Crippen LogP contribution in [0.2, 0.25) is 0 Å². The number of nitrogens with two attached hydrogens (primary N) is 1. The molecule has 0 aliphatic rings. The Morgan fingerprint density at radius 1 is 1.12 bits per heavy atom. The molecule has 1 aromatic carbocycles. The van der Waals surface area contributed by atoms with Crippen LogP contribution < -0.4 is 10.5 Å². The minimum atomic E-state index is -0.0116. The number of hydrogen-bond donors (Lipinski definition) is 1. The molecule has 0 aliphatic heterocycles. The first-order valence-corrected chi connectivity index (χ1v) is 5.83. The Balaban J connectivity index is 3.03. The van der Waals surface area contributed by atoms with Crippen molar-refractivity contribution in [2.45, 2.75) is 46.8 Å². The van der Waals surface area contributed by atoms with Crippen molar-refractivity contribution in [2.24, 2.45) is 11.1 Å². The predicted molar refractivity (Wildman–Crippen MR) is 68.6 cm³/mol. The average Bonchev–Trinajstić information content (AvgIpc) is 2.15. The highest BCUT2D eigenvalue weighted by Crippen LogP contribution is 2.35. The second-order valence-electron chi connectivity index (χ2n) is 5.55. The molecule has 2 heteroatoms. The number of para-hydroxylation sites is 1. The van der Waals surface area contributed by atoms with Gasteiger partial charge in [-0.25, -0.2) is 0 Å². The minimum Gasteiger partial charge on any atom is -0.491 e. The van der Waals surface area contributed by atoms with Gasteiger partial charge in [-0.3, -0.25) is 0 Å². The summed E-state index contributed by atoms with van der Waals surface area (Å²) in [5, 5.41) is 0. The van der Waals surface area contributed by atoms with Crippen LogP contribution in [0.3, 0.4) is 0 Å². The van der Waals surface area contributed by atoms with Crippen molar-refractivity contribution in [3.63, 3.8) is 0 Å². The van der Waals surface area contributed by atoms with Gasteiger partial charge in [0.05, 0.1) is 6.10 Å². The van der Waals surface area contributed by atoms with Gasteiger partial charge in [0.25, 0.3) is 0 Å². The molecule has 2 N–H and O–H groups in total. The summed E-state index contributed by atoms with van der Waals surface area (Å²) < 4.78 is 5.78. The Morgan fingerprint density at radius 2 is 1.69 bits per heavy atom. The first-order chi connectivity index (χ1) is 7.32. The molecule has 1 unspecified atom stereocenters. The van der Waals surface area contributed by atoms with E-state index in [4.69, 9.17) is 10.5 Å². The van der Waals surface area contributed by atoms with Crippen molar-refractivity contribution in [3.8, 4) is 5.75 Å². The van der Waals surface area contributed by atoms with Gasteiger partial charge in [-0.2, -0.15) is 0 Å². The Bertz CT molecular complexity index is 339. The average molecular weight is 221 g/mol. The van der Waals surface area contributed by atoms with Gasteiger partial charge in [-0.15, -0.1) is 0 Å². The zero-order chi connectivity index (χ0) is 12.3. The van der Waals surface area contributed by atoms with E-state index in [1.165, 1.54) is 0 Å². The quantitative estimate of drug-likeness (QED) is 0.847. The molecule has 0 heterocycles. The molecule has 0 aliphatic carbocycles. The maximum atomic E-state index is 6.27. The van der Waals surface area contributed by atoms with Gasteiger partial charge >= 0.3 is 0 Å². The van der Waals surface area contributed by atoms with Crippen LogP contribution in [0.1, 0.15) is 46.2 Å². The van der Waals surface area contributed by atoms with Crippen LogP contribution in [0.15, 0.2) is 24.3 Å². The van der Waals surface area contributed by atoms with Gasteiger partial charge in [0.1, 0.15) is 5.75 Å². The molecular formula is C14H23NO. The molecule has 0 spiro atoms. The van der Waals surface area contributed by atoms with Crippen LogP contribution in [-0.2, 0) is 0 Å². The summed E-state index contributed by atoms with van der Waals surface area (Å²) in [4.78, 5) is 0. The highest BCUT2D eigenvalue weighted by molar-refractivity contribution is 5.36. The Hall–Kier alpha value is -1.02. The fourth-order valence-electron chi connectivity index (χ4n) is 1.57. The summed E-state index contributed by atoms with van der Waals surface area (Å²) in [7, 11) is 0. The molecule has 0 radical (unpaired) electrons. The number of rotatable bonds is 3. The van der Waals surface area contributed by atoms with Crippen LogP contribution in [0.5, 0.6) is 5.75 Å². The summed E-state index contributed by atoms with van der Waals surface area (Å²) in [5.74, 6) is 0.903. The summed E-state index contributed by atoms with van der Waals surface area (Å²) in [5.41, 5.74) is 7.39. The normalized spacial score (nSPS) is 13.9. The molecule has 2 nitrogen and oxygen atoms in total. The second-order valence-corrected chi connectivity index (χ2v) is 5.55. The molecule has 90 valence electrons. The van der Waals surface area contributed by atoms with Crippen molar-refractivity contribution in [1.29, 1.82) is 0 Å². The van der Waals surface area contributed by atoms with Crippen LogP contribution in [0.4, 0.5) is 0 Å². The lowest BCUT2D eigenvalue weighted by Gasteiger charge is -2.29. The predicted octanol–water partition coefficient (Wildman–Crippen LogP) is 3.52. The summed E-state index contributed by atoms with van der Waals surface area (Å²) in [6, 6.07) is 8.02. The molecule has 1 atom stereocenters. The van der Waals surface area contributed by atoms with E-state index >= 15 is 0 Å². The monoisotopic (exact) mass is 221 g/mol. The van der Waals surface area contributed by atoms with Gasteiger partial charge in [0, 0.05) is 11.6 Å². The molecule has 16 heavy (non-hydrogen) atoms. The van der Waals surface area contributed by atoms with E-state index in [9.17, 15) is 0 Å². The maximum Gasteiger partial charge on any atom is 0.124 e. The molecule has 0 aromatic heterocycles. The lowest BCUT2D eigenvalue weighted by Crippen LogP contribution is -2.27. The minimum absolute atomic E-state index is 0.0116. The van der Waals surface area contributed by atoms with E-state index in [1.807, 2.05) is 38.1 Å². The van der Waals surface area contributed by atoms with E-state index in [1.54, 1.807) is 0 Å². The molecule has 0 bridgehead atoms. The second kappa shape index (κ2) is 4.88. The largest absolute Gasteiger partial charge is 0.491 e. The van der Waals surface area contributed by atoms with E-state index in [-0.39, 0.29) is 17.6 Å². The van der Waals surface area contributed by atoms with E-state index in [2.05, 4.69) is 20.8 Å². The van der Waals surface area contributed by atoms with Gasteiger partial charge in [-0.1, -0.05) is 39.0 Å². The topological polar surface area (TPSA) is 35.2 Å². The Kier molecular flexibility index (Phi) is 3.98. The Morgan fingerprint density at radius 3 is 2.19 bits per heavy atom. The van der Waals surface area contributed by atoms with E-state index in [0.29, 0.717) is 0 Å². The Labute approximate surface area is 98.8 Å². The lowest BCUT2D eigenvalue weighted by molar-refractivity contribution is 0.231. The number of ether oxygens (including phenoxy) is 1. The molecule has 0 saturated carbocycles.